The van der Waals surface area contributed by atoms with E-state index in [2.05, 4.69) is 15.6 Å². The number of hydrogen-bond acceptors (Lipinski definition) is 6. The highest BCUT2D eigenvalue weighted by Crippen LogP contribution is 2.13. The van der Waals surface area contributed by atoms with Crippen LogP contribution in [0.5, 0.6) is 0 Å². The summed E-state index contributed by atoms with van der Waals surface area (Å²) in [5.41, 5.74) is 0.530. The number of likely N-dealkylation sites (N-methyl/N-ethyl adjacent to an activating group) is 1. The summed E-state index contributed by atoms with van der Waals surface area (Å²) in [6.07, 6.45) is 2.07. The van der Waals surface area contributed by atoms with Gasteiger partial charge in [0, 0.05) is 46.0 Å². The van der Waals surface area contributed by atoms with Crippen molar-refractivity contribution in [2.45, 2.75) is 18.6 Å². The number of methoxy groups -OCH3 is 1. The lowest BCUT2D eigenvalue weighted by Gasteiger charge is -2.22. The fourth-order valence-corrected chi connectivity index (χ4v) is 2.48. The lowest BCUT2D eigenvalue weighted by molar-refractivity contribution is 0.0936. The van der Waals surface area contributed by atoms with E-state index in [4.69, 9.17) is 4.74 Å². The second kappa shape index (κ2) is 8.07. The van der Waals surface area contributed by atoms with Crippen LogP contribution >= 0.6 is 0 Å². The van der Waals surface area contributed by atoms with Gasteiger partial charge in [-0.1, -0.05) is 0 Å². The first-order valence-electron chi connectivity index (χ1n) is 7.46. The second-order valence-corrected chi connectivity index (χ2v) is 5.53. The molecule has 3 N–H and O–H groups in total. The number of aliphatic hydroxyl groups excluding tert-OH is 1. The largest absolute Gasteiger partial charge is 0.392 e. The topological polar surface area (TPSA) is 86.7 Å². The summed E-state index contributed by atoms with van der Waals surface area (Å²) in [6, 6.07) is 3.85. The van der Waals surface area contributed by atoms with Crippen LogP contribution in [0.4, 0.5) is 5.82 Å². The number of pyridine rings is 1. The number of aromatic nitrogens is 1. The van der Waals surface area contributed by atoms with Crippen molar-refractivity contribution in [1.29, 1.82) is 0 Å². The molecule has 2 heterocycles. The summed E-state index contributed by atoms with van der Waals surface area (Å²) in [5.74, 6) is 0.649. The SMILES string of the molecule is COCCNC(=O)c1ccc(N(C)C[C@@H]2C[C@@H](O)CN2)nc1. The van der Waals surface area contributed by atoms with E-state index < -0.39 is 0 Å². The zero-order valence-electron chi connectivity index (χ0n) is 13.1. The van der Waals surface area contributed by atoms with Gasteiger partial charge in [0.1, 0.15) is 5.82 Å². The fourth-order valence-electron chi connectivity index (χ4n) is 2.48. The molecule has 0 unspecified atom stereocenters. The molecule has 2 atom stereocenters. The van der Waals surface area contributed by atoms with Gasteiger partial charge in [-0.05, 0) is 18.6 Å². The Hall–Kier alpha value is -1.70. The third-order valence-electron chi connectivity index (χ3n) is 3.69. The van der Waals surface area contributed by atoms with Crippen molar-refractivity contribution >= 4 is 11.7 Å². The predicted octanol–water partition coefficient (Wildman–Crippen LogP) is -0.383. The predicted molar refractivity (Wildman–Crippen MR) is 84.1 cm³/mol. The van der Waals surface area contributed by atoms with Crippen molar-refractivity contribution in [2.75, 3.05) is 45.3 Å². The highest BCUT2D eigenvalue weighted by molar-refractivity contribution is 5.94. The van der Waals surface area contributed by atoms with Crippen LogP contribution in [0, 0.1) is 0 Å². The molecule has 0 bridgehead atoms. The fraction of sp³-hybridized carbons (Fsp3) is 0.600. The van der Waals surface area contributed by atoms with Gasteiger partial charge in [-0.3, -0.25) is 4.79 Å². The van der Waals surface area contributed by atoms with Gasteiger partial charge in [0.15, 0.2) is 0 Å². The number of amides is 1. The Morgan fingerprint density at radius 2 is 2.41 bits per heavy atom. The Morgan fingerprint density at radius 3 is 3.00 bits per heavy atom. The minimum absolute atomic E-state index is 0.153. The molecule has 1 fully saturated rings. The van der Waals surface area contributed by atoms with Crippen LogP contribution in [0.3, 0.4) is 0 Å². The van der Waals surface area contributed by atoms with Crippen LogP contribution in [0.15, 0.2) is 18.3 Å². The average Bonchev–Trinajstić information content (AvgIpc) is 2.92. The van der Waals surface area contributed by atoms with Gasteiger partial charge >= 0.3 is 0 Å². The molecule has 1 aromatic heterocycles. The molecule has 0 spiro atoms. The maximum absolute atomic E-state index is 11.9. The first kappa shape index (κ1) is 16.7. The molecule has 122 valence electrons. The normalized spacial score (nSPS) is 20.9. The number of carbonyl (C=O) groups is 1. The third-order valence-corrected chi connectivity index (χ3v) is 3.69. The van der Waals surface area contributed by atoms with E-state index in [1.165, 1.54) is 0 Å². The zero-order valence-corrected chi connectivity index (χ0v) is 13.1. The first-order chi connectivity index (χ1) is 10.6. The number of anilines is 1. The molecule has 1 aliphatic rings. The van der Waals surface area contributed by atoms with Crippen LogP contribution in [0.25, 0.3) is 0 Å². The molecule has 0 radical (unpaired) electrons. The van der Waals surface area contributed by atoms with Gasteiger partial charge in [0.05, 0.1) is 18.3 Å². The Balaban J connectivity index is 1.86. The highest BCUT2D eigenvalue weighted by atomic mass is 16.5. The molecule has 1 aromatic rings. The monoisotopic (exact) mass is 308 g/mol. The summed E-state index contributed by atoms with van der Waals surface area (Å²) < 4.78 is 4.89. The number of nitrogens with one attached hydrogen (secondary N) is 2. The van der Waals surface area contributed by atoms with Crippen molar-refractivity contribution in [3.63, 3.8) is 0 Å². The number of ether oxygens (including phenoxy) is 1. The van der Waals surface area contributed by atoms with Crippen molar-refractivity contribution < 1.29 is 14.6 Å². The quantitative estimate of drug-likeness (QED) is 0.595. The molecule has 2 rings (SSSR count). The van der Waals surface area contributed by atoms with Crippen LogP contribution in [-0.4, -0.2) is 68.5 Å². The molecule has 1 saturated heterocycles. The van der Waals surface area contributed by atoms with E-state index in [0.29, 0.717) is 25.3 Å². The number of hydrogen-bond donors (Lipinski definition) is 3. The minimum Gasteiger partial charge on any atom is -0.392 e. The maximum atomic E-state index is 11.9. The van der Waals surface area contributed by atoms with Crippen molar-refractivity contribution in [3.05, 3.63) is 23.9 Å². The van der Waals surface area contributed by atoms with Crippen molar-refractivity contribution in [2.24, 2.45) is 0 Å². The third kappa shape index (κ3) is 4.66. The van der Waals surface area contributed by atoms with E-state index in [0.717, 1.165) is 18.8 Å². The van der Waals surface area contributed by atoms with Gasteiger partial charge in [-0.25, -0.2) is 4.98 Å². The number of aliphatic hydroxyl groups is 1. The lowest BCUT2D eigenvalue weighted by Crippen LogP contribution is -2.35. The van der Waals surface area contributed by atoms with Gasteiger partial charge in [-0.15, -0.1) is 0 Å². The van der Waals surface area contributed by atoms with E-state index >= 15 is 0 Å². The molecule has 7 nitrogen and oxygen atoms in total. The summed E-state index contributed by atoms with van der Waals surface area (Å²) in [6.45, 7) is 2.38. The Labute approximate surface area is 130 Å². The average molecular weight is 308 g/mol. The number of rotatable bonds is 7. The van der Waals surface area contributed by atoms with E-state index in [1.54, 1.807) is 19.4 Å². The van der Waals surface area contributed by atoms with Crippen molar-refractivity contribution in [3.8, 4) is 0 Å². The van der Waals surface area contributed by atoms with Gasteiger partial charge in [-0.2, -0.15) is 0 Å². The molecule has 1 aliphatic heterocycles. The van der Waals surface area contributed by atoms with Crippen LogP contribution in [0.2, 0.25) is 0 Å². The van der Waals surface area contributed by atoms with Crippen LogP contribution in [-0.2, 0) is 4.74 Å². The van der Waals surface area contributed by atoms with Gasteiger partial charge in [0.25, 0.3) is 5.91 Å². The van der Waals surface area contributed by atoms with E-state index in [9.17, 15) is 9.90 Å². The smallest absolute Gasteiger partial charge is 0.252 e. The van der Waals surface area contributed by atoms with Gasteiger partial charge < -0.3 is 25.4 Å². The molecule has 7 heteroatoms. The summed E-state index contributed by atoms with van der Waals surface area (Å²) in [4.78, 5) is 18.2. The standard InChI is InChI=1S/C15H24N4O3/c1-19(10-12-7-13(20)9-17-12)14-4-3-11(8-18-14)15(21)16-5-6-22-2/h3-4,8,12-13,17,20H,5-7,9-10H2,1-2H3,(H,16,21)/t12-,13+/m0/s1. The summed E-state index contributed by atoms with van der Waals surface area (Å²) >= 11 is 0. The number of carbonyl (C=O) groups excluding carboxylic acids is 1. The Morgan fingerprint density at radius 1 is 1.59 bits per heavy atom. The molecule has 1 amide bonds. The van der Waals surface area contributed by atoms with E-state index in [1.807, 2.05) is 18.0 Å². The molecular weight excluding hydrogens is 284 g/mol. The maximum Gasteiger partial charge on any atom is 0.252 e. The molecule has 0 saturated carbocycles. The Bertz CT molecular complexity index is 480. The number of nitrogens with zero attached hydrogens (tertiary/aromatic N) is 2. The molecule has 0 aromatic carbocycles. The van der Waals surface area contributed by atoms with Gasteiger partial charge in [0.2, 0.25) is 0 Å². The zero-order chi connectivity index (χ0) is 15.9. The van der Waals surface area contributed by atoms with Crippen LogP contribution < -0.4 is 15.5 Å². The molecule has 22 heavy (non-hydrogen) atoms. The molecular formula is C15H24N4O3. The summed E-state index contributed by atoms with van der Waals surface area (Å²) in [7, 11) is 3.55. The van der Waals surface area contributed by atoms with Crippen molar-refractivity contribution in [1.82, 2.24) is 15.6 Å². The van der Waals surface area contributed by atoms with E-state index in [-0.39, 0.29) is 18.1 Å². The summed E-state index contributed by atoms with van der Waals surface area (Å²) in [5, 5.41) is 15.5. The first-order valence-corrected chi connectivity index (χ1v) is 7.46. The Kier molecular flexibility index (Phi) is 6.11. The lowest BCUT2D eigenvalue weighted by atomic mass is 10.2. The highest BCUT2D eigenvalue weighted by Gasteiger charge is 2.23. The minimum atomic E-state index is -0.260. The van der Waals surface area contributed by atoms with Crippen LogP contribution in [0.1, 0.15) is 16.8 Å². The number of β-amino-alcohol motifs (C(OH)–C–C–N with tert-alkyl or cyclic N) is 1. The second-order valence-electron chi connectivity index (χ2n) is 5.53. The molecule has 0 aliphatic carbocycles.